The van der Waals surface area contributed by atoms with E-state index in [0.29, 0.717) is 6.61 Å². The van der Waals surface area contributed by atoms with Crippen LogP contribution in [0.1, 0.15) is 25.5 Å². The number of benzene rings is 1. The Bertz CT molecular complexity index is 326. The molecule has 1 unspecified atom stereocenters. The van der Waals surface area contributed by atoms with Gasteiger partial charge in [0.25, 0.3) is 0 Å². The summed E-state index contributed by atoms with van der Waals surface area (Å²) >= 11 is 0. The molecule has 0 heterocycles. The van der Waals surface area contributed by atoms with Crippen LogP contribution in [0, 0.1) is 11.3 Å². The minimum Gasteiger partial charge on any atom is -0.494 e. The number of nitrogens with one attached hydrogen (secondary N) is 1. The third-order valence-corrected chi connectivity index (χ3v) is 2.06. The zero-order valence-corrected chi connectivity index (χ0v) is 9.16. The Morgan fingerprint density at radius 2 is 2.00 bits per heavy atom. The SMILES string of the molecule is CCNC(C#N)c1ccc(OCC)cc1. The molecule has 1 aromatic rings. The van der Waals surface area contributed by atoms with E-state index in [1.54, 1.807) is 0 Å². The van der Waals surface area contributed by atoms with Gasteiger partial charge in [-0.25, -0.2) is 0 Å². The van der Waals surface area contributed by atoms with Gasteiger partial charge in [0.2, 0.25) is 0 Å². The fraction of sp³-hybridized carbons (Fsp3) is 0.417. The van der Waals surface area contributed by atoms with Gasteiger partial charge in [-0.3, -0.25) is 5.32 Å². The van der Waals surface area contributed by atoms with E-state index in [1.807, 2.05) is 38.1 Å². The van der Waals surface area contributed by atoms with Crippen molar-refractivity contribution in [2.45, 2.75) is 19.9 Å². The number of rotatable bonds is 5. The fourth-order valence-corrected chi connectivity index (χ4v) is 1.37. The first-order valence-electron chi connectivity index (χ1n) is 5.17. The molecule has 3 nitrogen and oxygen atoms in total. The summed E-state index contributed by atoms with van der Waals surface area (Å²) in [5.74, 6) is 0.842. The first kappa shape index (κ1) is 11.5. The van der Waals surface area contributed by atoms with Crippen LogP contribution in [0.5, 0.6) is 5.75 Å². The predicted molar refractivity (Wildman–Crippen MR) is 59.6 cm³/mol. The van der Waals surface area contributed by atoms with Crippen LogP contribution in [-0.4, -0.2) is 13.2 Å². The van der Waals surface area contributed by atoms with E-state index in [9.17, 15) is 0 Å². The lowest BCUT2D eigenvalue weighted by atomic mass is 10.1. The largest absolute Gasteiger partial charge is 0.494 e. The van der Waals surface area contributed by atoms with Crippen molar-refractivity contribution in [1.82, 2.24) is 5.32 Å². The molecule has 0 aliphatic heterocycles. The maximum atomic E-state index is 8.94. The molecule has 0 aliphatic carbocycles. The monoisotopic (exact) mass is 204 g/mol. The molecule has 0 radical (unpaired) electrons. The molecule has 1 aromatic carbocycles. The van der Waals surface area contributed by atoms with Gasteiger partial charge in [-0.15, -0.1) is 0 Å². The van der Waals surface area contributed by atoms with Gasteiger partial charge < -0.3 is 4.74 Å². The quantitative estimate of drug-likeness (QED) is 0.800. The molecule has 3 heteroatoms. The Morgan fingerprint density at radius 1 is 1.33 bits per heavy atom. The van der Waals surface area contributed by atoms with Gasteiger partial charge in [0.05, 0.1) is 12.7 Å². The van der Waals surface area contributed by atoms with E-state index in [0.717, 1.165) is 17.9 Å². The third kappa shape index (κ3) is 3.26. The van der Waals surface area contributed by atoms with E-state index >= 15 is 0 Å². The second-order valence-electron chi connectivity index (χ2n) is 3.12. The maximum absolute atomic E-state index is 8.94. The summed E-state index contributed by atoms with van der Waals surface area (Å²) in [7, 11) is 0. The van der Waals surface area contributed by atoms with Crippen molar-refractivity contribution in [3.05, 3.63) is 29.8 Å². The highest BCUT2D eigenvalue weighted by Crippen LogP contribution is 2.17. The molecule has 0 aromatic heterocycles. The number of hydrogen-bond acceptors (Lipinski definition) is 3. The zero-order valence-electron chi connectivity index (χ0n) is 9.16. The highest BCUT2D eigenvalue weighted by atomic mass is 16.5. The van der Waals surface area contributed by atoms with Crippen molar-refractivity contribution in [2.24, 2.45) is 0 Å². The molecule has 15 heavy (non-hydrogen) atoms. The van der Waals surface area contributed by atoms with Crippen LogP contribution in [0.4, 0.5) is 0 Å². The first-order valence-corrected chi connectivity index (χ1v) is 5.17. The molecule has 0 bridgehead atoms. The van der Waals surface area contributed by atoms with E-state index in [-0.39, 0.29) is 6.04 Å². The Balaban J connectivity index is 2.74. The van der Waals surface area contributed by atoms with E-state index in [2.05, 4.69) is 11.4 Å². The number of nitrogens with zero attached hydrogens (tertiary/aromatic N) is 1. The third-order valence-electron chi connectivity index (χ3n) is 2.06. The topological polar surface area (TPSA) is 45.0 Å². The van der Waals surface area contributed by atoms with Crippen LogP contribution >= 0.6 is 0 Å². The summed E-state index contributed by atoms with van der Waals surface area (Å²) in [5.41, 5.74) is 0.975. The van der Waals surface area contributed by atoms with E-state index < -0.39 is 0 Å². The summed E-state index contributed by atoms with van der Waals surface area (Å²) in [4.78, 5) is 0. The van der Waals surface area contributed by atoms with E-state index in [4.69, 9.17) is 10.00 Å². The van der Waals surface area contributed by atoms with Gasteiger partial charge in [-0.2, -0.15) is 5.26 Å². The summed E-state index contributed by atoms with van der Waals surface area (Å²) < 4.78 is 5.33. The van der Waals surface area contributed by atoms with Crippen molar-refractivity contribution in [3.63, 3.8) is 0 Å². The van der Waals surface area contributed by atoms with E-state index in [1.165, 1.54) is 0 Å². The average molecular weight is 204 g/mol. The second-order valence-corrected chi connectivity index (χ2v) is 3.12. The van der Waals surface area contributed by atoms with Crippen molar-refractivity contribution < 1.29 is 4.74 Å². The summed E-state index contributed by atoms with van der Waals surface area (Å²) in [6.07, 6.45) is 0. The Kier molecular flexibility index (Phi) is 4.65. The van der Waals surface area contributed by atoms with Crippen LogP contribution < -0.4 is 10.1 Å². The zero-order chi connectivity index (χ0) is 11.1. The minimum absolute atomic E-state index is 0.231. The molecule has 1 atom stereocenters. The van der Waals surface area contributed by atoms with Gasteiger partial charge in [-0.1, -0.05) is 19.1 Å². The molecular formula is C12H16N2O. The first-order chi connectivity index (χ1) is 7.31. The van der Waals surface area contributed by atoms with Gasteiger partial charge in [0.15, 0.2) is 0 Å². The Hall–Kier alpha value is -1.53. The maximum Gasteiger partial charge on any atom is 0.121 e. The molecule has 1 rings (SSSR count). The molecular weight excluding hydrogens is 188 g/mol. The van der Waals surface area contributed by atoms with Crippen molar-refractivity contribution >= 4 is 0 Å². The number of nitriles is 1. The van der Waals surface area contributed by atoms with Crippen LogP contribution in [0.3, 0.4) is 0 Å². The van der Waals surface area contributed by atoms with Gasteiger partial charge in [-0.05, 0) is 31.2 Å². The highest BCUT2D eigenvalue weighted by molar-refractivity contribution is 5.31. The molecule has 0 fully saturated rings. The molecule has 0 saturated heterocycles. The fourth-order valence-electron chi connectivity index (χ4n) is 1.37. The highest BCUT2D eigenvalue weighted by Gasteiger charge is 2.07. The lowest BCUT2D eigenvalue weighted by Crippen LogP contribution is -2.18. The van der Waals surface area contributed by atoms with Crippen LogP contribution in [-0.2, 0) is 0 Å². The number of hydrogen-bond donors (Lipinski definition) is 1. The van der Waals surface area contributed by atoms with Crippen molar-refractivity contribution in [1.29, 1.82) is 5.26 Å². The standard InChI is InChI=1S/C12H16N2O/c1-3-14-12(9-13)10-5-7-11(8-6-10)15-4-2/h5-8,12,14H,3-4H2,1-2H3. The molecule has 0 aliphatic rings. The summed E-state index contributed by atoms with van der Waals surface area (Å²) in [5, 5.41) is 12.0. The van der Waals surface area contributed by atoms with Gasteiger partial charge in [0.1, 0.15) is 11.8 Å². The van der Waals surface area contributed by atoms with Gasteiger partial charge in [0, 0.05) is 0 Å². The summed E-state index contributed by atoms with van der Waals surface area (Å²) in [6.45, 7) is 5.38. The van der Waals surface area contributed by atoms with Crippen molar-refractivity contribution in [3.8, 4) is 11.8 Å². The van der Waals surface area contributed by atoms with Crippen molar-refractivity contribution in [2.75, 3.05) is 13.2 Å². The van der Waals surface area contributed by atoms with Gasteiger partial charge >= 0.3 is 0 Å². The molecule has 0 amide bonds. The Morgan fingerprint density at radius 3 is 2.47 bits per heavy atom. The second kappa shape index (κ2) is 6.05. The molecule has 0 spiro atoms. The lowest BCUT2D eigenvalue weighted by Gasteiger charge is -2.10. The molecule has 80 valence electrons. The molecule has 0 saturated carbocycles. The smallest absolute Gasteiger partial charge is 0.121 e. The average Bonchev–Trinajstić information content (AvgIpc) is 2.28. The van der Waals surface area contributed by atoms with Crippen LogP contribution in [0.15, 0.2) is 24.3 Å². The minimum atomic E-state index is -0.231. The Labute approximate surface area is 90.7 Å². The molecule has 1 N–H and O–H groups in total. The number of ether oxygens (including phenoxy) is 1. The predicted octanol–water partition coefficient (Wildman–Crippen LogP) is 2.26. The normalized spacial score (nSPS) is 11.8. The van der Waals surface area contributed by atoms with Crippen LogP contribution in [0.25, 0.3) is 0 Å². The lowest BCUT2D eigenvalue weighted by molar-refractivity contribution is 0.340. The summed E-state index contributed by atoms with van der Waals surface area (Å²) in [6, 6.07) is 9.60. The van der Waals surface area contributed by atoms with Crippen LogP contribution in [0.2, 0.25) is 0 Å².